The first kappa shape index (κ1) is 21.5. The van der Waals surface area contributed by atoms with E-state index in [2.05, 4.69) is 5.32 Å². The number of methoxy groups -OCH3 is 3. The standard InChI is InChI=1S/C24H27NO5/c1-16(12-24(26)25-10-7-11-27-2)18-13-19-20(15-30-23(19)14-22(18)29-4)17-8-5-6-9-21(17)28-3/h5-6,8-9,12-15H,7,10-11H2,1-4H3,(H,25,26)/b16-12+. The van der Waals surface area contributed by atoms with Crippen molar-refractivity contribution in [2.24, 2.45) is 0 Å². The molecule has 1 heterocycles. The number of hydrogen-bond acceptors (Lipinski definition) is 5. The number of para-hydroxylation sites is 1. The first-order valence-corrected chi connectivity index (χ1v) is 9.77. The molecule has 6 nitrogen and oxygen atoms in total. The molecule has 0 atom stereocenters. The van der Waals surface area contributed by atoms with Gasteiger partial charge in [0.2, 0.25) is 5.91 Å². The van der Waals surface area contributed by atoms with Crippen molar-refractivity contribution >= 4 is 22.4 Å². The zero-order valence-corrected chi connectivity index (χ0v) is 17.8. The Kier molecular flexibility index (Phi) is 7.14. The van der Waals surface area contributed by atoms with E-state index in [-0.39, 0.29) is 5.91 Å². The highest BCUT2D eigenvalue weighted by molar-refractivity contribution is 6.01. The zero-order valence-electron chi connectivity index (χ0n) is 17.8. The Hall–Kier alpha value is -3.25. The molecule has 0 saturated heterocycles. The van der Waals surface area contributed by atoms with Crippen LogP contribution < -0.4 is 14.8 Å². The van der Waals surface area contributed by atoms with E-state index in [4.69, 9.17) is 18.6 Å². The predicted molar refractivity (Wildman–Crippen MR) is 118 cm³/mol. The molecule has 0 aliphatic rings. The Bertz CT molecular complexity index is 1050. The van der Waals surface area contributed by atoms with Crippen LogP contribution in [0.25, 0.3) is 27.7 Å². The first-order valence-electron chi connectivity index (χ1n) is 9.77. The number of amides is 1. The van der Waals surface area contributed by atoms with Crippen molar-refractivity contribution in [3.8, 4) is 22.6 Å². The van der Waals surface area contributed by atoms with Crippen LogP contribution in [0.3, 0.4) is 0 Å². The number of nitrogens with one attached hydrogen (secondary N) is 1. The molecule has 2 aromatic carbocycles. The van der Waals surface area contributed by atoms with Gasteiger partial charge in [-0.1, -0.05) is 18.2 Å². The molecule has 0 unspecified atom stereocenters. The van der Waals surface area contributed by atoms with E-state index >= 15 is 0 Å². The van der Waals surface area contributed by atoms with Crippen LogP contribution >= 0.6 is 0 Å². The topological polar surface area (TPSA) is 69.9 Å². The Morgan fingerprint density at radius 3 is 2.57 bits per heavy atom. The number of hydrogen-bond donors (Lipinski definition) is 1. The molecule has 3 rings (SSSR count). The fourth-order valence-electron chi connectivity index (χ4n) is 3.36. The smallest absolute Gasteiger partial charge is 0.244 e. The average molecular weight is 409 g/mol. The molecule has 1 N–H and O–H groups in total. The third kappa shape index (κ3) is 4.66. The highest BCUT2D eigenvalue weighted by atomic mass is 16.5. The van der Waals surface area contributed by atoms with Crippen LogP contribution in [-0.2, 0) is 9.53 Å². The minimum atomic E-state index is -0.150. The number of allylic oxidation sites excluding steroid dienone is 1. The van der Waals surface area contributed by atoms with Crippen molar-refractivity contribution in [2.75, 3.05) is 34.5 Å². The fourth-order valence-corrected chi connectivity index (χ4v) is 3.36. The second kappa shape index (κ2) is 9.98. The van der Waals surface area contributed by atoms with Gasteiger partial charge in [0.05, 0.1) is 20.5 Å². The Morgan fingerprint density at radius 2 is 1.83 bits per heavy atom. The molecule has 3 aromatic rings. The molecule has 0 fully saturated rings. The van der Waals surface area contributed by atoms with E-state index in [0.717, 1.165) is 39.8 Å². The van der Waals surface area contributed by atoms with Crippen LogP contribution in [0.4, 0.5) is 0 Å². The van der Waals surface area contributed by atoms with Crippen LogP contribution in [0, 0.1) is 0 Å². The molecule has 0 spiro atoms. The second-order valence-electron chi connectivity index (χ2n) is 6.86. The molecule has 158 valence electrons. The van der Waals surface area contributed by atoms with E-state index in [1.807, 2.05) is 43.3 Å². The molecule has 0 radical (unpaired) electrons. The first-order chi connectivity index (χ1) is 14.6. The van der Waals surface area contributed by atoms with Crippen LogP contribution in [0.2, 0.25) is 0 Å². The molecule has 0 aliphatic heterocycles. The summed E-state index contributed by atoms with van der Waals surface area (Å²) in [5.41, 5.74) is 4.18. The summed E-state index contributed by atoms with van der Waals surface area (Å²) in [6.07, 6.45) is 4.06. The highest BCUT2D eigenvalue weighted by Crippen LogP contribution is 2.40. The van der Waals surface area contributed by atoms with Gasteiger partial charge in [-0.3, -0.25) is 4.79 Å². The minimum Gasteiger partial charge on any atom is -0.496 e. The normalized spacial score (nSPS) is 11.5. The molecular weight excluding hydrogens is 382 g/mol. The van der Waals surface area contributed by atoms with Crippen LogP contribution in [0.15, 0.2) is 53.2 Å². The predicted octanol–water partition coefficient (Wildman–Crippen LogP) is 4.67. The maximum Gasteiger partial charge on any atom is 0.244 e. The van der Waals surface area contributed by atoms with Crippen molar-refractivity contribution in [1.29, 1.82) is 0 Å². The third-order valence-electron chi connectivity index (χ3n) is 4.89. The Morgan fingerprint density at radius 1 is 1.07 bits per heavy atom. The zero-order chi connectivity index (χ0) is 21.5. The van der Waals surface area contributed by atoms with Crippen molar-refractivity contribution in [1.82, 2.24) is 5.32 Å². The quantitative estimate of drug-likeness (QED) is 0.411. The fraction of sp³-hybridized carbons (Fsp3) is 0.292. The van der Waals surface area contributed by atoms with E-state index in [9.17, 15) is 4.79 Å². The highest BCUT2D eigenvalue weighted by Gasteiger charge is 2.16. The number of fused-ring (bicyclic) bond motifs is 1. The summed E-state index contributed by atoms with van der Waals surface area (Å²) in [4.78, 5) is 12.3. The van der Waals surface area contributed by atoms with Gasteiger partial charge < -0.3 is 23.9 Å². The van der Waals surface area contributed by atoms with E-state index < -0.39 is 0 Å². The lowest BCUT2D eigenvalue weighted by Crippen LogP contribution is -2.23. The number of carbonyl (C=O) groups excluding carboxylic acids is 1. The summed E-state index contributed by atoms with van der Waals surface area (Å²) >= 11 is 0. The summed E-state index contributed by atoms with van der Waals surface area (Å²) < 4.78 is 21.9. The van der Waals surface area contributed by atoms with Gasteiger partial charge in [-0.15, -0.1) is 0 Å². The molecule has 0 saturated carbocycles. The van der Waals surface area contributed by atoms with Gasteiger partial charge in [0.25, 0.3) is 0 Å². The number of benzene rings is 2. The van der Waals surface area contributed by atoms with Gasteiger partial charge in [-0.25, -0.2) is 0 Å². The molecule has 1 aromatic heterocycles. The summed E-state index contributed by atoms with van der Waals surface area (Å²) in [5, 5.41) is 3.79. The van der Waals surface area contributed by atoms with Gasteiger partial charge in [0.15, 0.2) is 0 Å². The minimum absolute atomic E-state index is 0.150. The lowest BCUT2D eigenvalue weighted by atomic mass is 9.98. The lowest BCUT2D eigenvalue weighted by molar-refractivity contribution is -0.116. The van der Waals surface area contributed by atoms with E-state index in [1.165, 1.54) is 0 Å². The number of rotatable bonds is 9. The largest absolute Gasteiger partial charge is 0.496 e. The third-order valence-corrected chi connectivity index (χ3v) is 4.89. The summed E-state index contributed by atoms with van der Waals surface area (Å²) in [6, 6.07) is 11.6. The van der Waals surface area contributed by atoms with Gasteiger partial charge >= 0.3 is 0 Å². The second-order valence-corrected chi connectivity index (χ2v) is 6.86. The molecule has 1 amide bonds. The Labute approximate surface area is 176 Å². The lowest BCUT2D eigenvalue weighted by Gasteiger charge is -2.11. The maximum atomic E-state index is 12.3. The van der Waals surface area contributed by atoms with Crippen molar-refractivity contribution < 1.29 is 23.4 Å². The molecule has 0 aliphatic carbocycles. The van der Waals surface area contributed by atoms with Crippen molar-refractivity contribution in [2.45, 2.75) is 13.3 Å². The van der Waals surface area contributed by atoms with Crippen LogP contribution in [0.1, 0.15) is 18.9 Å². The Balaban J connectivity index is 1.98. The van der Waals surface area contributed by atoms with Crippen molar-refractivity contribution in [3.05, 3.63) is 54.3 Å². The summed E-state index contributed by atoms with van der Waals surface area (Å²) in [7, 11) is 4.89. The number of carbonyl (C=O) groups is 1. The molecule has 0 bridgehead atoms. The van der Waals surface area contributed by atoms with Gasteiger partial charge in [0.1, 0.15) is 17.1 Å². The van der Waals surface area contributed by atoms with E-state index in [1.54, 1.807) is 33.7 Å². The maximum absolute atomic E-state index is 12.3. The molecular formula is C24H27NO5. The SMILES string of the molecule is COCCCNC(=O)/C=C(\C)c1cc2c(-c3ccccc3OC)coc2cc1OC. The number of furan rings is 1. The van der Waals surface area contributed by atoms with Gasteiger partial charge in [-0.2, -0.15) is 0 Å². The van der Waals surface area contributed by atoms with Crippen LogP contribution in [0.5, 0.6) is 11.5 Å². The number of ether oxygens (including phenoxy) is 3. The summed E-state index contributed by atoms with van der Waals surface area (Å²) in [6.45, 7) is 3.06. The molecule has 30 heavy (non-hydrogen) atoms. The molecule has 6 heteroatoms. The van der Waals surface area contributed by atoms with Crippen molar-refractivity contribution in [3.63, 3.8) is 0 Å². The monoisotopic (exact) mass is 409 g/mol. The van der Waals surface area contributed by atoms with Gasteiger partial charge in [-0.05, 0) is 31.1 Å². The average Bonchev–Trinajstić information content (AvgIpc) is 3.18. The summed E-state index contributed by atoms with van der Waals surface area (Å²) in [5.74, 6) is 1.26. The van der Waals surface area contributed by atoms with Gasteiger partial charge in [0, 0.05) is 54.5 Å². The van der Waals surface area contributed by atoms with Crippen LogP contribution in [-0.4, -0.2) is 40.4 Å². The van der Waals surface area contributed by atoms with E-state index in [0.29, 0.717) is 24.5 Å².